The van der Waals surface area contributed by atoms with Crippen LogP contribution >= 0.6 is 24.0 Å². The molecule has 0 saturated carbocycles. The molecule has 1 heterocycles. The van der Waals surface area contributed by atoms with Gasteiger partial charge in [0.05, 0.1) is 19.3 Å². The summed E-state index contributed by atoms with van der Waals surface area (Å²) in [5, 5.41) is 13.4. The molecule has 0 spiro atoms. The molecule has 7 heteroatoms. The lowest BCUT2D eigenvalue weighted by molar-refractivity contribution is 0.409. The summed E-state index contributed by atoms with van der Waals surface area (Å²) in [6, 6.07) is 8.16. The number of halogens is 1. The second kappa shape index (κ2) is 10.9. The number of rotatable bonds is 7. The second-order valence-corrected chi connectivity index (χ2v) is 5.27. The van der Waals surface area contributed by atoms with E-state index in [4.69, 9.17) is 4.74 Å². The predicted molar refractivity (Wildman–Crippen MR) is 108 cm³/mol. The SMILES string of the molecule is CCNC(=NCc1ccn[nH]1)NCCc1cc(C)ccc1OC.I. The maximum absolute atomic E-state index is 5.42. The highest BCUT2D eigenvalue weighted by atomic mass is 127. The first kappa shape index (κ1) is 20.3. The lowest BCUT2D eigenvalue weighted by Gasteiger charge is -2.13. The number of hydrogen-bond acceptors (Lipinski definition) is 3. The highest BCUT2D eigenvalue weighted by Crippen LogP contribution is 2.19. The Balaban J connectivity index is 0.00000288. The molecule has 0 fully saturated rings. The normalized spacial score (nSPS) is 10.9. The molecular weight excluding hydrogens is 417 g/mol. The number of ether oxygens (including phenoxy) is 1. The monoisotopic (exact) mass is 443 g/mol. The first-order chi connectivity index (χ1) is 11.2. The summed E-state index contributed by atoms with van der Waals surface area (Å²) < 4.78 is 5.42. The number of aliphatic imine (C=N–C) groups is 1. The summed E-state index contributed by atoms with van der Waals surface area (Å²) in [5.41, 5.74) is 3.42. The number of aromatic amines is 1. The molecule has 3 N–H and O–H groups in total. The molecule has 2 aromatic rings. The average Bonchev–Trinajstić information content (AvgIpc) is 3.06. The summed E-state index contributed by atoms with van der Waals surface area (Å²) in [5.74, 6) is 1.73. The minimum Gasteiger partial charge on any atom is -0.496 e. The van der Waals surface area contributed by atoms with E-state index >= 15 is 0 Å². The second-order valence-electron chi connectivity index (χ2n) is 5.27. The van der Waals surface area contributed by atoms with Crippen molar-refractivity contribution in [2.45, 2.75) is 26.8 Å². The fraction of sp³-hybridized carbons (Fsp3) is 0.412. The van der Waals surface area contributed by atoms with Crippen LogP contribution < -0.4 is 15.4 Å². The van der Waals surface area contributed by atoms with E-state index in [0.29, 0.717) is 6.54 Å². The lowest BCUT2D eigenvalue weighted by atomic mass is 10.1. The molecule has 6 nitrogen and oxygen atoms in total. The van der Waals surface area contributed by atoms with E-state index in [9.17, 15) is 0 Å². The molecule has 0 bridgehead atoms. The number of hydrogen-bond donors (Lipinski definition) is 3. The number of aromatic nitrogens is 2. The summed E-state index contributed by atoms with van der Waals surface area (Å²) in [6.45, 7) is 6.32. The number of H-pyrrole nitrogens is 1. The zero-order valence-electron chi connectivity index (χ0n) is 14.4. The number of aryl methyl sites for hydroxylation is 1. The maximum Gasteiger partial charge on any atom is 0.191 e. The molecule has 0 radical (unpaired) electrons. The quantitative estimate of drug-likeness (QED) is 0.350. The predicted octanol–water partition coefficient (Wildman–Crippen LogP) is 2.64. The summed E-state index contributed by atoms with van der Waals surface area (Å²) in [6.07, 6.45) is 2.61. The van der Waals surface area contributed by atoms with Crippen LogP contribution in [0.3, 0.4) is 0 Å². The third-order valence-electron chi connectivity index (χ3n) is 3.43. The van der Waals surface area contributed by atoms with Crippen molar-refractivity contribution in [3.05, 3.63) is 47.3 Å². The van der Waals surface area contributed by atoms with Crippen molar-refractivity contribution < 1.29 is 4.74 Å². The number of nitrogens with zero attached hydrogens (tertiary/aromatic N) is 2. The van der Waals surface area contributed by atoms with Crippen molar-refractivity contribution in [1.29, 1.82) is 0 Å². The van der Waals surface area contributed by atoms with Gasteiger partial charge in [-0.2, -0.15) is 5.10 Å². The number of methoxy groups -OCH3 is 1. The Labute approximate surface area is 160 Å². The Morgan fingerprint density at radius 3 is 2.79 bits per heavy atom. The number of benzene rings is 1. The van der Waals surface area contributed by atoms with Gasteiger partial charge in [0.1, 0.15) is 5.75 Å². The number of nitrogens with one attached hydrogen (secondary N) is 3. The van der Waals surface area contributed by atoms with E-state index < -0.39 is 0 Å². The van der Waals surface area contributed by atoms with Gasteiger partial charge in [-0.25, -0.2) is 4.99 Å². The van der Waals surface area contributed by atoms with E-state index in [1.165, 1.54) is 11.1 Å². The summed E-state index contributed by atoms with van der Waals surface area (Å²) in [4.78, 5) is 4.54. The van der Waals surface area contributed by atoms with Crippen molar-refractivity contribution in [2.24, 2.45) is 4.99 Å². The largest absolute Gasteiger partial charge is 0.496 e. The Hall–Kier alpha value is -1.77. The topological polar surface area (TPSA) is 74.3 Å². The van der Waals surface area contributed by atoms with Crippen LogP contribution in [0.5, 0.6) is 5.75 Å². The molecule has 1 aromatic heterocycles. The van der Waals surface area contributed by atoms with E-state index in [0.717, 1.165) is 36.9 Å². The Kier molecular flexibility index (Phi) is 9.21. The molecule has 0 aliphatic heterocycles. The molecule has 0 atom stereocenters. The zero-order valence-corrected chi connectivity index (χ0v) is 16.8. The smallest absolute Gasteiger partial charge is 0.191 e. The van der Waals surface area contributed by atoms with Crippen molar-refractivity contribution in [1.82, 2.24) is 20.8 Å². The van der Waals surface area contributed by atoms with Crippen LogP contribution in [0.25, 0.3) is 0 Å². The van der Waals surface area contributed by atoms with Crippen LogP contribution in [0, 0.1) is 6.92 Å². The van der Waals surface area contributed by atoms with Crippen LogP contribution in [0.1, 0.15) is 23.7 Å². The molecule has 0 aliphatic carbocycles. The highest BCUT2D eigenvalue weighted by Gasteiger charge is 2.04. The first-order valence-electron chi connectivity index (χ1n) is 7.87. The summed E-state index contributed by atoms with van der Waals surface area (Å²) >= 11 is 0. The molecular formula is C17H26IN5O. The minimum atomic E-state index is 0. The van der Waals surface area contributed by atoms with Gasteiger partial charge in [0.15, 0.2) is 5.96 Å². The first-order valence-corrected chi connectivity index (χ1v) is 7.87. The van der Waals surface area contributed by atoms with Gasteiger partial charge < -0.3 is 15.4 Å². The summed E-state index contributed by atoms with van der Waals surface area (Å²) in [7, 11) is 1.71. The Bertz CT molecular complexity index is 628. The van der Waals surface area contributed by atoms with Gasteiger partial charge in [-0.15, -0.1) is 24.0 Å². The van der Waals surface area contributed by atoms with Gasteiger partial charge in [0.25, 0.3) is 0 Å². The molecule has 1 aromatic carbocycles. The van der Waals surface area contributed by atoms with Gasteiger partial charge in [-0.05, 0) is 38.0 Å². The van der Waals surface area contributed by atoms with E-state index in [1.54, 1.807) is 13.3 Å². The van der Waals surface area contributed by atoms with Crippen LogP contribution in [0.15, 0.2) is 35.5 Å². The standard InChI is InChI=1S/C17H25N5O.HI/c1-4-18-17(20-12-15-8-10-21-22-15)19-9-7-14-11-13(2)5-6-16(14)23-3;/h5-6,8,10-11H,4,7,9,12H2,1-3H3,(H,21,22)(H2,18,19,20);1H. The van der Waals surface area contributed by atoms with E-state index in [-0.39, 0.29) is 24.0 Å². The van der Waals surface area contributed by atoms with Crippen LogP contribution in [0.2, 0.25) is 0 Å². The van der Waals surface area contributed by atoms with Crippen LogP contribution in [-0.4, -0.2) is 36.4 Å². The molecule has 132 valence electrons. The Morgan fingerprint density at radius 2 is 2.12 bits per heavy atom. The van der Waals surface area contributed by atoms with Gasteiger partial charge in [0, 0.05) is 19.3 Å². The Morgan fingerprint density at radius 1 is 1.29 bits per heavy atom. The molecule has 0 amide bonds. The van der Waals surface area contributed by atoms with Crippen molar-refractivity contribution in [2.75, 3.05) is 20.2 Å². The fourth-order valence-corrected chi connectivity index (χ4v) is 2.30. The maximum atomic E-state index is 5.42. The molecule has 0 aliphatic rings. The third-order valence-corrected chi connectivity index (χ3v) is 3.43. The molecule has 0 unspecified atom stereocenters. The van der Waals surface area contributed by atoms with Gasteiger partial charge >= 0.3 is 0 Å². The van der Waals surface area contributed by atoms with Crippen LogP contribution in [-0.2, 0) is 13.0 Å². The molecule has 24 heavy (non-hydrogen) atoms. The lowest BCUT2D eigenvalue weighted by Crippen LogP contribution is -2.38. The van der Waals surface area contributed by atoms with Crippen LogP contribution in [0.4, 0.5) is 0 Å². The fourth-order valence-electron chi connectivity index (χ4n) is 2.30. The highest BCUT2D eigenvalue weighted by molar-refractivity contribution is 14.0. The third kappa shape index (κ3) is 6.38. The van der Waals surface area contributed by atoms with E-state index in [2.05, 4.69) is 51.8 Å². The zero-order chi connectivity index (χ0) is 16.5. The number of guanidine groups is 1. The van der Waals surface area contributed by atoms with Crippen molar-refractivity contribution >= 4 is 29.9 Å². The van der Waals surface area contributed by atoms with Gasteiger partial charge in [-0.3, -0.25) is 5.10 Å². The van der Waals surface area contributed by atoms with Crippen molar-refractivity contribution in [3.8, 4) is 5.75 Å². The minimum absolute atomic E-state index is 0. The van der Waals surface area contributed by atoms with Crippen molar-refractivity contribution in [3.63, 3.8) is 0 Å². The molecule has 2 rings (SSSR count). The van der Waals surface area contributed by atoms with E-state index in [1.807, 2.05) is 12.1 Å². The van der Waals surface area contributed by atoms with Gasteiger partial charge in [0.2, 0.25) is 0 Å². The molecule has 0 saturated heterocycles. The van der Waals surface area contributed by atoms with Gasteiger partial charge in [-0.1, -0.05) is 17.7 Å². The average molecular weight is 443 g/mol.